The van der Waals surface area contributed by atoms with Gasteiger partial charge in [-0.1, -0.05) is 12.1 Å². The molecule has 0 radical (unpaired) electrons. The van der Waals surface area contributed by atoms with E-state index in [1.54, 1.807) is 36.4 Å². The highest BCUT2D eigenvalue weighted by atomic mass is 32.1. The van der Waals surface area contributed by atoms with Gasteiger partial charge in [0, 0.05) is 48.6 Å². The molecular formula is C33H30N4O7S. The minimum Gasteiger partial charge on any atom is -0.465 e. The van der Waals surface area contributed by atoms with Crippen LogP contribution in [0.25, 0.3) is 0 Å². The molecule has 2 bridgehead atoms. The van der Waals surface area contributed by atoms with E-state index in [2.05, 4.69) is 15.5 Å². The molecule has 0 spiro atoms. The zero-order valence-electron chi connectivity index (χ0n) is 24.6. The van der Waals surface area contributed by atoms with Crippen molar-refractivity contribution in [1.29, 1.82) is 0 Å². The van der Waals surface area contributed by atoms with Crippen molar-refractivity contribution in [2.45, 2.75) is 18.9 Å². The zero-order valence-corrected chi connectivity index (χ0v) is 25.4. The van der Waals surface area contributed by atoms with Crippen LogP contribution >= 0.6 is 11.3 Å². The number of fused-ring (bicyclic) bond motifs is 4. The van der Waals surface area contributed by atoms with E-state index in [4.69, 9.17) is 9.47 Å². The van der Waals surface area contributed by atoms with Gasteiger partial charge in [-0.2, -0.15) is 0 Å². The molecule has 4 heterocycles. The average Bonchev–Trinajstić information content (AvgIpc) is 3.60. The molecule has 2 aromatic carbocycles. The first-order valence-electron chi connectivity index (χ1n) is 14.3. The standard InChI is InChI=1S/C33H30N4O7S/c1-43-32(41)21-12-22(33(42)44-2)14-24(13-21)34-30(39)20-8-9-27(25(15-20)35-31(40)28-6-4-10-45-28)36-16-19-11-23(18-36)26-5-3-7-29(38)37(26)17-19/h3-10,12-15,19,23H,11,16-18H2,1-2H3,(H,34,39)(H,35,40)/t19-,23+/m1/s1. The Morgan fingerprint density at radius 1 is 0.800 bits per heavy atom. The molecule has 2 amide bonds. The highest BCUT2D eigenvalue weighted by molar-refractivity contribution is 7.12. The van der Waals surface area contributed by atoms with Gasteiger partial charge in [-0.05, 0) is 66.2 Å². The van der Waals surface area contributed by atoms with Crippen LogP contribution < -0.4 is 21.1 Å². The summed E-state index contributed by atoms with van der Waals surface area (Å²) >= 11 is 1.31. The van der Waals surface area contributed by atoms with Crippen LogP contribution in [0.3, 0.4) is 0 Å². The molecule has 0 saturated carbocycles. The van der Waals surface area contributed by atoms with Crippen LogP contribution in [0.1, 0.15) is 58.8 Å². The molecule has 0 unspecified atom stereocenters. The molecule has 230 valence electrons. The van der Waals surface area contributed by atoms with E-state index >= 15 is 0 Å². The van der Waals surface area contributed by atoms with Gasteiger partial charge < -0.3 is 29.6 Å². The maximum Gasteiger partial charge on any atom is 0.337 e. The molecule has 11 nitrogen and oxygen atoms in total. The molecule has 2 aliphatic heterocycles. The van der Waals surface area contributed by atoms with Crippen molar-refractivity contribution in [3.8, 4) is 0 Å². The third-order valence-electron chi connectivity index (χ3n) is 8.11. The zero-order chi connectivity index (χ0) is 31.7. The second-order valence-electron chi connectivity index (χ2n) is 11.0. The van der Waals surface area contributed by atoms with Crippen LogP contribution in [0.15, 0.2) is 76.9 Å². The number of anilines is 3. The maximum atomic E-state index is 13.5. The minimum atomic E-state index is -0.682. The van der Waals surface area contributed by atoms with Crippen molar-refractivity contribution in [3.05, 3.63) is 110 Å². The Bertz CT molecular complexity index is 1830. The number of pyridine rings is 1. The average molecular weight is 627 g/mol. The first kappa shape index (κ1) is 29.8. The lowest BCUT2D eigenvalue weighted by atomic mass is 9.83. The molecule has 2 aliphatic rings. The predicted molar refractivity (Wildman–Crippen MR) is 170 cm³/mol. The van der Waals surface area contributed by atoms with Gasteiger partial charge in [-0.25, -0.2) is 9.59 Å². The van der Waals surface area contributed by atoms with Crippen LogP contribution in [-0.2, 0) is 16.0 Å². The van der Waals surface area contributed by atoms with Crippen LogP contribution in [0.4, 0.5) is 17.1 Å². The number of methoxy groups -OCH3 is 2. The van der Waals surface area contributed by atoms with Crippen molar-refractivity contribution in [2.24, 2.45) is 5.92 Å². The van der Waals surface area contributed by atoms with Gasteiger partial charge in [-0.15, -0.1) is 11.3 Å². The topological polar surface area (TPSA) is 136 Å². The molecule has 2 N–H and O–H groups in total. The quantitative estimate of drug-likeness (QED) is 0.284. The fourth-order valence-corrected chi connectivity index (χ4v) is 6.73. The van der Waals surface area contributed by atoms with E-state index in [1.165, 1.54) is 43.8 Å². The number of piperidine rings is 1. The molecule has 6 rings (SSSR count). The van der Waals surface area contributed by atoms with Gasteiger partial charge in [0.25, 0.3) is 17.4 Å². The molecule has 0 aliphatic carbocycles. The first-order valence-corrected chi connectivity index (χ1v) is 15.2. The summed E-state index contributed by atoms with van der Waals surface area (Å²) in [4.78, 5) is 66.4. The van der Waals surface area contributed by atoms with Crippen molar-refractivity contribution in [3.63, 3.8) is 0 Å². The number of carbonyl (C=O) groups excluding carboxylic acids is 4. The number of hydrogen-bond donors (Lipinski definition) is 2. The summed E-state index contributed by atoms with van der Waals surface area (Å²) in [6.45, 7) is 1.95. The molecule has 1 fully saturated rings. The number of rotatable bonds is 7. The number of nitrogens with one attached hydrogen (secondary N) is 2. The Morgan fingerprint density at radius 3 is 2.24 bits per heavy atom. The van der Waals surface area contributed by atoms with Crippen LogP contribution in [0.5, 0.6) is 0 Å². The van der Waals surface area contributed by atoms with Crippen molar-refractivity contribution >= 4 is 52.2 Å². The van der Waals surface area contributed by atoms with E-state index in [-0.39, 0.29) is 45.7 Å². The van der Waals surface area contributed by atoms with Crippen LogP contribution in [-0.4, -0.2) is 55.6 Å². The normalized spacial score (nSPS) is 16.7. The summed E-state index contributed by atoms with van der Waals surface area (Å²) in [7, 11) is 2.43. The van der Waals surface area contributed by atoms with E-state index < -0.39 is 17.8 Å². The van der Waals surface area contributed by atoms with Gasteiger partial charge in [-0.3, -0.25) is 14.4 Å². The third kappa shape index (κ3) is 6.09. The van der Waals surface area contributed by atoms with Crippen LogP contribution in [0, 0.1) is 5.92 Å². The number of benzene rings is 2. The number of carbonyl (C=O) groups is 4. The number of ether oxygens (including phenoxy) is 2. The molecule has 45 heavy (non-hydrogen) atoms. The molecule has 1 saturated heterocycles. The summed E-state index contributed by atoms with van der Waals surface area (Å²) in [5, 5.41) is 7.56. The molecule has 4 aromatic rings. The molecule has 2 atom stereocenters. The van der Waals surface area contributed by atoms with Crippen molar-refractivity contribution in [2.75, 3.05) is 42.8 Å². The van der Waals surface area contributed by atoms with Crippen molar-refractivity contribution < 1.29 is 28.7 Å². The summed E-state index contributed by atoms with van der Waals surface area (Å²) < 4.78 is 11.4. The summed E-state index contributed by atoms with van der Waals surface area (Å²) in [6, 6.07) is 18.1. The number of amides is 2. The highest BCUT2D eigenvalue weighted by Gasteiger charge is 2.35. The predicted octanol–water partition coefficient (Wildman–Crippen LogP) is 4.61. The molecule has 2 aromatic heterocycles. The Hall–Kier alpha value is -5.23. The lowest BCUT2D eigenvalue weighted by molar-refractivity contribution is 0.0598. The van der Waals surface area contributed by atoms with Gasteiger partial charge in [0.15, 0.2) is 0 Å². The largest absolute Gasteiger partial charge is 0.465 e. The maximum absolute atomic E-state index is 13.5. The van der Waals surface area contributed by atoms with Gasteiger partial charge >= 0.3 is 11.9 Å². The van der Waals surface area contributed by atoms with E-state index in [9.17, 15) is 24.0 Å². The molecule has 12 heteroatoms. The Balaban J connectivity index is 1.32. The molecular weight excluding hydrogens is 596 g/mol. The Morgan fingerprint density at radius 2 is 1.56 bits per heavy atom. The summed E-state index contributed by atoms with van der Waals surface area (Å²) in [5.74, 6) is -1.80. The van der Waals surface area contributed by atoms with E-state index in [0.717, 1.165) is 17.8 Å². The van der Waals surface area contributed by atoms with E-state index in [0.29, 0.717) is 30.2 Å². The van der Waals surface area contributed by atoms with Crippen molar-refractivity contribution in [1.82, 2.24) is 4.57 Å². The number of aromatic nitrogens is 1. The monoisotopic (exact) mass is 626 g/mol. The lowest BCUT2D eigenvalue weighted by Gasteiger charge is -2.44. The Labute approximate surface area is 262 Å². The van der Waals surface area contributed by atoms with Crippen LogP contribution in [0.2, 0.25) is 0 Å². The van der Waals surface area contributed by atoms with Gasteiger partial charge in [0.2, 0.25) is 0 Å². The number of esters is 2. The number of thiophene rings is 1. The SMILES string of the molecule is COC(=O)c1cc(NC(=O)c2ccc(N3C[C@H]4C[C@@H](C3)c3cccc(=O)n3C4)c(NC(=O)c3cccs3)c2)cc(C(=O)OC)c1. The minimum absolute atomic E-state index is 0.00532. The third-order valence-corrected chi connectivity index (χ3v) is 8.97. The first-order chi connectivity index (χ1) is 21.7. The highest BCUT2D eigenvalue weighted by Crippen LogP contribution is 2.39. The lowest BCUT2D eigenvalue weighted by Crippen LogP contribution is -2.47. The number of nitrogens with zero attached hydrogens (tertiary/aromatic N) is 2. The summed E-state index contributed by atoms with van der Waals surface area (Å²) in [6.07, 6.45) is 0.968. The Kier molecular flexibility index (Phi) is 8.22. The van der Waals surface area contributed by atoms with E-state index in [1.807, 2.05) is 22.1 Å². The summed E-state index contributed by atoms with van der Waals surface area (Å²) in [5.41, 5.74) is 2.80. The second-order valence-corrected chi connectivity index (χ2v) is 12.0. The second kappa shape index (κ2) is 12.4. The van der Waals surface area contributed by atoms with Gasteiger partial charge in [0.05, 0.1) is 41.6 Å². The fraction of sp³-hybridized carbons (Fsp3) is 0.242. The number of hydrogen-bond acceptors (Lipinski definition) is 9. The fourth-order valence-electron chi connectivity index (χ4n) is 6.11. The smallest absolute Gasteiger partial charge is 0.337 e. The van der Waals surface area contributed by atoms with Gasteiger partial charge in [0.1, 0.15) is 0 Å².